The predicted molar refractivity (Wildman–Crippen MR) is 268 cm³/mol. The molecule has 63 heavy (non-hydrogen) atoms. The van der Waals surface area contributed by atoms with E-state index in [4.69, 9.17) is 4.99 Å². The number of para-hydroxylation sites is 3. The Balaban J connectivity index is 1.05. The van der Waals surface area contributed by atoms with Crippen molar-refractivity contribution in [2.24, 2.45) is 4.99 Å². The van der Waals surface area contributed by atoms with E-state index in [-0.39, 0.29) is 0 Å². The van der Waals surface area contributed by atoms with Crippen LogP contribution >= 0.6 is 0 Å². The van der Waals surface area contributed by atoms with Crippen LogP contribution in [0.2, 0.25) is 0 Å². The summed E-state index contributed by atoms with van der Waals surface area (Å²) in [4.78, 5) is 5.18. The lowest BCUT2D eigenvalue weighted by Gasteiger charge is -2.11. The first-order valence-electron chi connectivity index (χ1n) is 21.5. The Morgan fingerprint density at radius 3 is 1.44 bits per heavy atom. The Kier molecular flexibility index (Phi) is 9.56. The zero-order valence-corrected chi connectivity index (χ0v) is 35.0. The number of benzene rings is 9. The molecule has 0 atom stereocenters. The van der Waals surface area contributed by atoms with Crippen LogP contribution in [-0.4, -0.2) is 14.8 Å². The summed E-state index contributed by atoms with van der Waals surface area (Å²) in [7, 11) is 0. The van der Waals surface area contributed by atoms with Crippen molar-refractivity contribution in [2.45, 2.75) is 6.92 Å². The number of hydrogen-bond donors (Lipinski definition) is 0. The van der Waals surface area contributed by atoms with Gasteiger partial charge in [-0.1, -0.05) is 164 Å². The molecule has 0 radical (unpaired) electrons. The van der Waals surface area contributed by atoms with E-state index in [1.807, 2.05) is 24.3 Å². The molecule has 2 heterocycles. The van der Waals surface area contributed by atoms with Gasteiger partial charge < -0.3 is 9.13 Å². The van der Waals surface area contributed by atoms with Crippen molar-refractivity contribution in [1.29, 1.82) is 0 Å². The van der Waals surface area contributed by atoms with Crippen LogP contribution in [0.1, 0.15) is 23.6 Å². The number of fused-ring (bicyclic) bond motifs is 6. The molecule has 3 heteroatoms. The molecule has 0 N–H and O–H groups in total. The van der Waals surface area contributed by atoms with E-state index in [0.29, 0.717) is 0 Å². The maximum absolute atomic E-state index is 5.18. The van der Waals surface area contributed by atoms with E-state index in [9.17, 15) is 0 Å². The standard InChI is InChI=1S/C60H43N3/c1-41(43-18-6-3-7-19-43)36-56(61-42(2)44-20-8-4-9-21-44)49-24-16-22-45(37-49)47-32-34-59-54(39-47)55-40-48(33-35-60(55)62(59)50-25-10-5-11-26-50)46-23-17-27-51(38-46)63-57-30-14-12-28-52(57)53-29-13-15-31-58(53)63/h3-40H,2H2,1H3/b41-36+,61-56?. The first-order chi connectivity index (χ1) is 31.1. The lowest BCUT2D eigenvalue weighted by atomic mass is 9.97. The van der Waals surface area contributed by atoms with Crippen molar-refractivity contribution < 1.29 is 0 Å². The van der Waals surface area contributed by atoms with E-state index < -0.39 is 0 Å². The average molecular weight is 806 g/mol. The highest BCUT2D eigenvalue weighted by Crippen LogP contribution is 2.39. The topological polar surface area (TPSA) is 22.2 Å². The molecule has 11 aromatic rings. The monoisotopic (exact) mass is 805 g/mol. The zero-order chi connectivity index (χ0) is 42.3. The summed E-state index contributed by atoms with van der Waals surface area (Å²) in [6.07, 6.45) is 2.18. The van der Waals surface area contributed by atoms with Crippen molar-refractivity contribution in [3.63, 3.8) is 0 Å². The van der Waals surface area contributed by atoms with E-state index in [2.05, 4.69) is 229 Å². The Bertz CT molecular complexity index is 3510. The normalized spacial score (nSPS) is 12.1. The molecule has 0 aliphatic heterocycles. The largest absolute Gasteiger partial charge is 0.309 e. The molecule has 0 spiro atoms. The third-order valence-electron chi connectivity index (χ3n) is 12.2. The summed E-state index contributed by atoms with van der Waals surface area (Å²) in [6.45, 7) is 6.54. The molecule has 2 aromatic heterocycles. The van der Waals surface area contributed by atoms with Gasteiger partial charge in [-0.15, -0.1) is 0 Å². The molecule has 3 nitrogen and oxygen atoms in total. The van der Waals surface area contributed by atoms with Crippen LogP contribution in [0.15, 0.2) is 242 Å². The van der Waals surface area contributed by atoms with Crippen LogP contribution in [0.5, 0.6) is 0 Å². The summed E-state index contributed by atoms with van der Waals surface area (Å²) in [5, 5.41) is 4.92. The van der Waals surface area contributed by atoms with Crippen LogP contribution in [0.4, 0.5) is 0 Å². The summed E-state index contributed by atoms with van der Waals surface area (Å²) in [5.41, 5.74) is 17.5. The quantitative estimate of drug-likeness (QED) is 0.130. The Labute approximate surface area is 367 Å². The van der Waals surface area contributed by atoms with E-state index in [0.717, 1.165) is 61.7 Å². The molecule has 0 fully saturated rings. The lowest BCUT2D eigenvalue weighted by Crippen LogP contribution is -2.00. The highest BCUT2D eigenvalue weighted by atomic mass is 15.0. The van der Waals surface area contributed by atoms with Gasteiger partial charge in [-0.3, -0.25) is 0 Å². The average Bonchev–Trinajstić information content (AvgIpc) is 3.87. The van der Waals surface area contributed by atoms with Gasteiger partial charge >= 0.3 is 0 Å². The third kappa shape index (κ3) is 6.96. The van der Waals surface area contributed by atoms with Gasteiger partial charge in [-0.05, 0) is 119 Å². The van der Waals surface area contributed by atoms with Gasteiger partial charge in [-0.25, -0.2) is 4.99 Å². The fraction of sp³-hybridized carbons (Fsp3) is 0.0167. The Hall–Kier alpha value is -8.27. The van der Waals surface area contributed by atoms with Gasteiger partial charge in [0.2, 0.25) is 0 Å². The van der Waals surface area contributed by atoms with Crippen molar-refractivity contribution in [3.8, 4) is 33.6 Å². The molecule has 0 aliphatic rings. The maximum Gasteiger partial charge on any atom is 0.0712 e. The van der Waals surface area contributed by atoms with Crippen molar-refractivity contribution >= 4 is 60.6 Å². The Morgan fingerprint density at radius 1 is 0.381 bits per heavy atom. The maximum atomic E-state index is 5.18. The number of rotatable bonds is 9. The first-order valence-corrected chi connectivity index (χ1v) is 21.5. The van der Waals surface area contributed by atoms with Gasteiger partial charge in [0.1, 0.15) is 0 Å². The van der Waals surface area contributed by atoms with Crippen LogP contribution < -0.4 is 0 Å². The minimum atomic E-state index is 0.722. The lowest BCUT2D eigenvalue weighted by molar-refractivity contribution is 1.18. The highest BCUT2D eigenvalue weighted by molar-refractivity contribution is 6.15. The van der Waals surface area contributed by atoms with Crippen LogP contribution in [0.3, 0.4) is 0 Å². The highest BCUT2D eigenvalue weighted by Gasteiger charge is 2.17. The van der Waals surface area contributed by atoms with Gasteiger partial charge in [0.05, 0.1) is 33.5 Å². The van der Waals surface area contributed by atoms with E-state index in [1.54, 1.807) is 0 Å². The number of hydrogen-bond acceptors (Lipinski definition) is 1. The summed E-state index contributed by atoms with van der Waals surface area (Å²) < 4.78 is 4.78. The van der Waals surface area contributed by atoms with Crippen molar-refractivity contribution in [1.82, 2.24) is 9.13 Å². The van der Waals surface area contributed by atoms with Crippen LogP contribution in [0, 0.1) is 0 Å². The predicted octanol–water partition coefficient (Wildman–Crippen LogP) is 15.8. The molecule has 0 bridgehead atoms. The molecule has 0 saturated carbocycles. The first kappa shape index (κ1) is 37.7. The number of aromatic nitrogens is 2. The van der Waals surface area contributed by atoms with Crippen molar-refractivity contribution in [2.75, 3.05) is 0 Å². The smallest absolute Gasteiger partial charge is 0.0712 e. The fourth-order valence-corrected chi connectivity index (χ4v) is 9.13. The molecule has 0 aliphatic carbocycles. The van der Waals surface area contributed by atoms with E-state index >= 15 is 0 Å². The second kappa shape index (κ2) is 16.0. The SMILES string of the molecule is C=C(N=C(/C=C(\C)c1ccccc1)c1cccc(-c2ccc3c(c2)c2cc(-c4cccc(-n5c6ccccc6c6ccccc65)c4)ccc2n3-c2ccccc2)c1)c1ccccc1. The van der Waals surface area contributed by atoms with E-state index in [1.165, 1.54) is 49.2 Å². The number of aliphatic imine (C=N–C) groups is 1. The van der Waals surface area contributed by atoms with Crippen LogP contribution in [-0.2, 0) is 0 Å². The van der Waals surface area contributed by atoms with Gasteiger partial charge in [0, 0.05) is 38.5 Å². The molecule has 298 valence electrons. The molecule has 9 aromatic carbocycles. The van der Waals surface area contributed by atoms with Gasteiger partial charge in [-0.2, -0.15) is 0 Å². The molecule has 11 rings (SSSR count). The third-order valence-corrected chi connectivity index (χ3v) is 12.2. The van der Waals surface area contributed by atoms with Crippen LogP contribution in [0.25, 0.3) is 88.5 Å². The summed E-state index contributed by atoms with van der Waals surface area (Å²) in [6, 6.07) is 80.2. The Morgan fingerprint density at radius 2 is 0.825 bits per heavy atom. The minimum absolute atomic E-state index is 0.722. The zero-order valence-electron chi connectivity index (χ0n) is 35.0. The minimum Gasteiger partial charge on any atom is -0.309 e. The van der Waals surface area contributed by atoms with Gasteiger partial charge in [0.15, 0.2) is 0 Å². The molecular formula is C60H43N3. The number of nitrogens with zero attached hydrogens (tertiary/aromatic N) is 3. The molecule has 0 saturated heterocycles. The second-order valence-electron chi connectivity index (χ2n) is 16.1. The van der Waals surface area contributed by atoms with Gasteiger partial charge in [0.25, 0.3) is 0 Å². The summed E-state index contributed by atoms with van der Waals surface area (Å²) in [5.74, 6) is 0. The van der Waals surface area contributed by atoms with Crippen molar-refractivity contribution in [3.05, 3.63) is 254 Å². The number of allylic oxidation sites excluding steroid dienone is 2. The molecule has 0 unspecified atom stereocenters. The second-order valence-corrected chi connectivity index (χ2v) is 16.1. The molecule has 0 amide bonds. The molecular weight excluding hydrogens is 763 g/mol. The fourth-order valence-electron chi connectivity index (χ4n) is 9.13. The summed E-state index contributed by atoms with van der Waals surface area (Å²) >= 11 is 0.